The van der Waals surface area contributed by atoms with Gasteiger partial charge < -0.3 is 5.32 Å². The highest BCUT2D eigenvalue weighted by molar-refractivity contribution is 6.31. The number of hydrogen-bond acceptors (Lipinski definition) is 3. The average Bonchev–Trinajstić information content (AvgIpc) is 2.34. The first-order chi connectivity index (χ1) is 8.60. The first-order valence-corrected chi connectivity index (χ1v) is 5.89. The molecule has 0 saturated carbocycles. The van der Waals surface area contributed by atoms with E-state index in [1.54, 1.807) is 12.1 Å². The zero-order valence-corrected chi connectivity index (χ0v) is 10.9. The van der Waals surface area contributed by atoms with Crippen LogP contribution in [0.5, 0.6) is 0 Å². The molecule has 0 aliphatic carbocycles. The molecule has 18 heavy (non-hydrogen) atoms. The molecule has 0 spiro atoms. The molecular formula is C14H12ClN3. The minimum atomic E-state index is 0.588. The molecule has 0 aliphatic rings. The van der Waals surface area contributed by atoms with E-state index in [4.69, 9.17) is 16.9 Å². The molecular weight excluding hydrogens is 246 g/mol. The van der Waals surface area contributed by atoms with Gasteiger partial charge in [-0.15, -0.1) is 0 Å². The summed E-state index contributed by atoms with van der Waals surface area (Å²) < 4.78 is 0. The van der Waals surface area contributed by atoms with Crippen molar-refractivity contribution in [3.8, 4) is 6.07 Å². The fourth-order valence-corrected chi connectivity index (χ4v) is 1.85. The quantitative estimate of drug-likeness (QED) is 0.886. The molecule has 0 aliphatic heterocycles. The van der Waals surface area contributed by atoms with Gasteiger partial charge in [-0.1, -0.05) is 17.7 Å². The van der Waals surface area contributed by atoms with E-state index in [0.29, 0.717) is 16.4 Å². The van der Waals surface area contributed by atoms with Crippen LogP contribution >= 0.6 is 11.6 Å². The third-order valence-electron chi connectivity index (χ3n) is 2.61. The third-order valence-corrected chi connectivity index (χ3v) is 3.02. The summed E-state index contributed by atoms with van der Waals surface area (Å²) >= 11 is 6.06. The van der Waals surface area contributed by atoms with E-state index in [9.17, 15) is 0 Å². The Morgan fingerprint density at radius 2 is 2.06 bits per heavy atom. The highest BCUT2D eigenvalue weighted by atomic mass is 35.5. The van der Waals surface area contributed by atoms with E-state index in [2.05, 4.69) is 16.4 Å². The fraction of sp³-hybridized carbons (Fsp3) is 0.143. The monoisotopic (exact) mass is 257 g/mol. The number of pyridine rings is 1. The number of anilines is 2. The van der Waals surface area contributed by atoms with Crippen LogP contribution in [0.15, 0.2) is 30.3 Å². The maximum atomic E-state index is 8.92. The first-order valence-electron chi connectivity index (χ1n) is 5.51. The van der Waals surface area contributed by atoms with Crippen LogP contribution in [0.1, 0.15) is 16.8 Å². The minimum absolute atomic E-state index is 0.588. The van der Waals surface area contributed by atoms with Gasteiger partial charge in [0, 0.05) is 16.4 Å². The second-order valence-electron chi connectivity index (χ2n) is 4.03. The second kappa shape index (κ2) is 5.07. The smallest absolute Gasteiger partial charge is 0.131 e. The molecule has 0 unspecified atom stereocenters. The van der Waals surface area contributed by atoms with Crippen molar-refractivity contribution in [2.45, 2.75) is 13.8 Å². The lowest BCUT2D eigenvalue weighted by Gasteiger charge is -2.10. The Hall–Kier alpha value is -2.05. The van der Waals surface area contributed by atoms with Crippen molar-refractivity contribution >= 4 is 23.1 Å². The van der Waals surface area contributed by atoms with Crippen LogP contribution in [0.2, 0.25) is 5.02 Å². The number of benzene rings is 1. The maximum absolute atomic E-state index is 8.92. The lowest BCUT2D eigenvalue weighted by molar-refractivity contribution is 1.19. The minimum Gasteiger partial charge on any atom is -0.340 e. The third kappa shape index (κ3) is 2.61. The molecule has 2 aromatic rings. The van der Waals surface area contributed by atoms with Crippen LogP contribution in [-0.4, -0.2) is 4.98 Å². The summed E-state index contributed by atoms with van der Waals surface area (Å²) in [4.78, 5) is 4.34. The van der Waals surface area contributed by atoms with E-state index < -0.39 is 0 Å². The lowest BCUT2D eigenvalue weighted by Crippen LogP contribution is -1.98. The topological polar surface area (TPSA) is 48.7 Å². The van der Waals surface area contributed by atoms with Crippen LogP contribution in [-0.2, 0) is 0 Å². The summed E-state index contributed by atoms with van der Waals surface area (Å²) in [5, 5.41) is 12.8. The largest absolute Gasteiger partial charge is 0.340 e. The van der Waals surface area contributed by atoms with Crippen LogP contribution in [0.25, 0.3) is 0 Å². The van der Waals surface area contributed by atoms with E-state index in [0.717, 1.165) is 16.9 Å². The van der Waals surface area contributed by atoms with Crippen molar-refractivity contribution in [3.05, 3.63) is 52.2 Å². The number of halogens is 1. The summed E-state index contributed by atoms with van der Waals surface area (Å²) in [5.74, 6) is 0.650. The van der Waals surface area contributed by atoms with E-state index >= 15 is 0 Å². The number of aromatic nitrogens is 1. The summed E-state index contributed by atoms with van der Waals surface area (Å²) in [6, 6.07) is 11.2. The number of nitrogens with one attached hydrogen (secondary N) is 1. The van der Waals surface area contributed by atoms with Crippen LogP contribution in [0.3, 0.4) is 0 Å². The van der Waals surface area contributed by atoms with Crippen molar-refractivity contribution in [2.75, 3.05) is 5.32 Å². The number of nitriles is 1. The first kappa shape index (κ1) is 12.4. The van der Waals surface area contributed by atoms with E-state index in [-0.39, 0.29) is 0 Å². The Labute approximate surface area is 111 Å². The zero-order chi connectivity index (χ0) is 13.1. The van der Waals surface area contributed by atoms with E-state index in [1.165, 1.54) is 0 Å². The van der Waals surface area contributed by atoms with Gasteiger partial charge in [-0.05, 0) is 43.7 Å². The van der Waals surface area contributed by atoms with Crippen molar-refractivity contribution in [1.82, 2.24) is 4.98 Å². The van der Waals surface area contributed by atoms with Crippen LogP contribution < -0.4 is 5.32 Å². The molecule has 2 rings (SSSR count). The maximum Gasteiger partial charge on any atom is 0.131 e. The molecule has 0 amide bonds. The molecule has 0 saturated heterocycles. The average molecular weight is 258 g/mol. The Morgan fingerprint density at radius 1 is 1.28 bits per heavy atom. The van der Waals surface area contributed by atoms with Crippen molar-refractivity contribution < 1.29 is 0 Å². The van der Waals surface area contributed by atoms with Gasteiger partial charge in [0.1, 0.15) is 5.82 Å². The van der Waals surface area contributed by atoms with Crippen molar-refractivity contribution in [1.29, 1.82) is 5.26 Å². The molecule has 0 radical (unpaired) electrons. The predicted molar refractivity (Wildman–Crippen MR) is 73.2 cm³/mol. The van der Waals surface area contributed by atoms with Crippen molar-refractivity contribution in [3.63, 3.8) is 0 Å². The molecule has 1 heterocycles. The Bertz CT molecular complexity index is 629. The highest BCUT2D eigenvalue weighted by Gasteiger charge is 2.04. The molecule has 90 valence electrons. The zero-order valence-electron chi connectivity index (χ0n) is 10.2. The number of nitrogens with zero attached hydrogens (tertiary/aromatic N) is 2. The molecule has 1 N–H and O–H groups in total. The molecule has 1 aromatic heterocycles. The molecule has 4 heteroatoms. The van der Waals surface area contributed by atoms with Gasteiger partial charge in [0.25, 0.3) is 0 Å². The summed E-state index contributed by atoms with van der Waals surface area (Å²) in [7, 11) is 0. The summed E-state index contributed by atoms with van der Waals surface area (Å²) in [5.41, 5.74) is 3.24. The standard InChI is InChI=1S/C14H12ClN3/c1-9-6-11(8-16)7-14(17-9)18-13-5-3-4-12(15)10(13)2/h3-7H,1-2H3,(H,17,18). The second-order valence-corrected chi connectivity index (χ2v) is 4.44. The van der Waals surface area contributed by atoms with Crippen LogP contribution in [0, 0.1) is 25.2 Å². The van der Waals surface area contributed by atoms with Gasteiger partial charge in [0.05, 0.1) is 11.6 Å². The normalized spacial score (nSPS) is 9.89. The summed E-state index contributed by atoms with van der Waals surface area (Å²) in [6.07, 6.45) is 0. The molecule has 0 atom stereocenters. The van der Waals surface area contributed by atoms with Crippen molar-refractivity contribution in [2.24, 2.45) is 0 Å². The Balaban J connectivity index is 2.37. The predicted octanol–water partition coefficient (Wildman–Crippen LogP) is 3.97. The molecule has 3 nitrogen and oxygen atoms in total. The molecule has 0 fully saturated rings. The van der Waals surface area contributed by atoms with Gasteiger partial charge in [-0.2, -0.15) is 5.26 Å². The highest BCUT2D eigenvalue weighted by Crippen LogP contribution is 2.25. The molecule has 1 aromatic carbocycles. The SMILES string of the molecule is Cc1cc(C#N)cc(Nc2cccc(Cl)c2C)n1. The van der Waals surface area contributed by atoms with Crippen LogP contribution in [0.4, 0.5) is 11.5 Å². The fourth-order valence-electron chi connectivity index (χ4n) is 1.68. The Kier molecular flexibility index (Phi) is 3.50. The molecule has 0 bridgehead atoms. The summed E-state index contributed by atoms with van der Waals surface area (Å²) in [6.45, 7) is 3.79. The van der Waals surface area contributed by atoms with Gasteiger partial charge in [0.15, 0.2) is 0 Å². The van der Waals surface area contributed by atoms with Gasteiger partial charge >= 0.3 is 0 Å². The number of rotatable bonds is 2. The number of hydrogen-bond donors (Lipinski definition) is 1. The van der Waals surface area contributed by atoms with E-state index in [1.807, 2.05) is 32.0 Å². The Morgan fingerprint density at radius 3 is 2.78 bits per heavy atom. The lowest BCUT2D eigenvalue weighted by atomic mass is 10.2. The van der Waals surface area contributed by atoms with Gasteiger partial charge in [-0.25, -0.2) is 4.98 Å². The number of aryl methyl sites for hydroxylation is 1. The van der Waals surface area contributed by atoms with Gasteiger partial charge in [0.2, 0.25) is 0 Å². The van der Waals surface area contributed by atoms with Gasteiger partial charge in [-0.3, -0.25) is 0 Å².